The molecule has 4 nitrogen and oxygen atoms in total. The monoisotopic (exact) mass is 438 g/mol. The van der Waals surface area contributed by atoms with Crippen molar-refractivity contribution in [3.63, 3.8) is 0 Å². The molecular formula is C21H16F6N4. The fourth-order valence-corrected chi connectivity index (χ4v) is 3.45. The van der Waals surface area contributed by atoms with Crippen LogP contribution in [0.3, 0.4) is 0 Å². The third-order valence-corrected chi connectivity index (χ3v) is 4.98. The van der Waals surface area contributed by atoms with Crippen LogP contribution in [-0.2, 0) is 31.9 Å². The average molecular weight is 438 g/mol. The van der Waals surface area contributed by atoms with Crippen LogP contribution in [-0.4, -0.2) is 26.4 Å². The summed E-state index contributed by atoms with van der Waals surface area (Å²) in [5.74, 6) is -1.13. The summed E-state index contributed by atoms with van der Waals surface area (Å²) in [6, 6.07) is 8.40. The minimum atomic E-state index is -4.57. The van der Waals surface area contributed by atoms with Crippen molar-refractivity contribution in [3.8, 4) is 11.3 Å². The van der Waals surface area contributed by atoms with Gasteiger partial charge in [-0.15, -0.1) is 0 Å². The van der Waals surface area contributed by atoms with E-state index in [0.717, 1.165) is 17.7 Å². The zero-order chi connectivity index (χ0) is 22.2. The van der Waals surface area contributed by atoms with E-state index in [2.05, 4.69) is 15.0 Å². The van der Waals surface area contributed by atoms with Crippen LogP contribution in [0.25, 0.3) is 11.3 Å². The molecule has 0 fully saturated rings. The molecule has 1 aliphatic heterocycles. The zero-order valence-electron chi connectivity index (χ0n) is 16.0. The lowest BCUT2D eigenvalue weighted by Gasteiger charge is -2.28. The van der Waals surface area contributed by atoms with Crippen molar-refractivity contribution in [1.82, 2.24) is 19.9 Å². The Labute approximate surface area is 173 Å². The Morgan fingerprint density at radius 3 is 2.39 bits per heavy atom. The second-order valence-corrected chi connectivity index (χ2v) is 7.25. The number of pyridine rings is 1. The molecule has 10 heteroatoms. The van der Waals surface area contributed by atoms with Gasteiger partial charge in [-0.2, -0.15) is 26.3 Å². The van der Waals surface area contributed by atoms with Crippen LogP contribution in [0.4, 0.5) is 26.3 Å². The van der Waals surface area contributed by atoms with Crippen molar-refractivity contribution in [2.24, 2.45) is 0 Å². The average Bonchev–Trinajstić information content (AvgIpc) is 2.73. The van der Waals surface area contributed by atoms with Crippen molar-refractivity contribution in [2.45, 2.75) is 31.9 Å². The molecule has 31 heavy (non-hydrogen) atoms. The smallest absolute Gasteiger partial charge is 0.294 e. The van der Waals surface area contributed by atoms with Gasteiger partial charge in [0, 0.05) is 49.6 Å². The van der Waals surface area contributed by atoms with Crippen molar-refractivity contribution >= 4 is 0 Å². The molecule has 0 amide bonds. The normalized spacial score (nSPS) is 15.0. The summed E-state index contributed by atoms with van der Waals surface area (Å²) in [6.45, 7) is 1.43. The highest BCUT2D eigenvalue weighted by atomic mass is 19.4. The molecule has 0 saturated heterocycles. The molecule has 162 valence electrons. The third-order valence-electron chi connectivity index (χ3n) is 4.98. The minimum absolute atomic E-state index is 0.367. The first-order valence-electron chi connectivity index (χ1n) is 9.36. The summed E-state index contributed by atoms with van der Waals surface area (Å²) < 4.78 is 77.0. The van der Waals surface area contributed by atoms with E-state index in [1.807, 2.05) is 4.90 Å². The van der Waals surface area contributed by atoms with Crippen LogP contribution in [0.15, 0.2) is 48.8 Å². The van der Waals surface area contributed by atoms with E-state index in [1.54, 1.807) is 24.4 Å². The van der Waals surface area contributed by atoms with Gasteiger partial charge in [-0.25, -0.2) is 9.97 Å². The molecule has 0 saturated carbocycles. The molecule has 0 aliphatic carbocycles. The summed E-state index contributed by atoms with van der Waals surface area (Å²) in [5.41, 5.74) is 1.94. The largest absolute Gasteiger partial charge is 0.451 e. The fourth-order valence-electron chi connectivity index (χ4n) is 3.45. The second-order valence-electron chi connectivity index (χ2n) is 7.25. The van der Waals surface area contributed by atoms with Gasteiger partial charge in [0.25, 0.3) is 0 Å². The van der Waals surface area contributed by atoms with Gasteiger partial charge >= 0.3 is 12.4 Å². The van der Waals surface area contributed by atoms with Gasteiger partial charge in [-0.1, -0.05) is 18.2 Å². The van der Waals surface area contributed by atoms with Crippen LogP contribution >= 0.6 is 0 Å². The molecule has 3 heterocycles. The highest BCUT2D eigenvalue weighted by Gasteiger charge is 2.35. The highest BCUT2D eigenvalue weighted by molar-refractivity contribution is 5.60. The lowest BCUT2D eigenvalue weighted by Crippen LogP contribution is -2.31. The Morgan fingerprint density at radius 2 is 1.71 bits per heavy atom. The van der Waals surface area contributed by atoms with Crippen molar-refractivity contribution in [2.75, 3.05) is 6.54 Å². The first kappa shape index (κ1) is 21.2. The number of hydrogen-bond acceptors (Lipinski definition) is 4. The molecule has 0 radical (unpaired) electrons. The Hall–Kier alpha value is -3.01. The van der Waals surface area contributed by atoms with Gasteiger partial charge in [-0.3, -0.25) is 9.88 Å². The number of fused-ring (bicyclic) bond motifs is 1. The van der Waals surface area contributed by atoms with Gasteiger partial charge in [0.05, 0.1) is 17.0 Å². The van der Waals surface area contributed by atoms with E-state index >= 15 is 0 Å². The summed E-state index contributed by atoms with van der Waals surface area (Å²) >= 11 is 0. The van der Waals surface area contributed by atoms with Crippen molar-refractivity contribution in [3.05, 3.63) is 77.0 Å². The van der Waals surface area contributed by atoms with Crippen molar-refractivity contribution < 1.29 is 26.3 Å². The fraction of sp³-hybridized carbons (Fsp3) is 0.286. The molecular weight excluding hydrogens is 422 g/mol. The standard InChI is InChI=1S/C21H16F6N4/c22-20(23,24)16-3-1-2-14(8-16)17-5-4-13(9-28-17)11-31-7-6-18-15(12-31)10-29-19(30-18)21(25,26)27/h1-5,8-10H,6-7,11-12H2. The van der Waals surface area contributed by atoms with Crippen LogP contribution in [0.5, 0.6) is 0 Å². The molecule has 0 N–H and O–H groups in total. The second kappa shape index (κ2) is 7.92. The van der Waals surface area contributed by atoms with Crippen LogP contribution in [0, 0.1) is 0 Å². The molecule has 0 atom stereocenters. The van der Waals surface area contributed by atoms with Gasteiger partial charge in [0.2, 0.25) is 5.82 Å². The Bertz CT molecular complexity index is 1080. The number of rotatable bonds is 3. The summed E-state index contributed by atoms with van der Waals surface area (Å²) in [6.07, 6.45) is -5.82. The predicted octanol–water partition coefficient (Wildman–Crippen LogP) is 5.13. The molecule has 1 aromatic carbocycles. The quantitative estimate of drug-likeness (QED) is 0.532. The molecule has 3 aromatic rings. The van der Waals surface area contributed by atoms with Gasteiger partial charge in [0.15, 0.2) is 0 Å². The van der Waals surface area contributed by atoms with Gasteiger partial charge in [0.1, 0.15) is 0 Å². The first-order valence-corrected chi connectivity index (χ1v) is 9.36. The molecule has 1 aliphatic rings. The topological polar surface area (TPSA) is 41.9 Å². The van der Waals surface area contributed by atoms with E-state index in [4.69, 9.17) is 0 Å². The number of nitrogens with zero attached hydrogens (tertiary/aromatic N) is 4. The molecule has 2 aromatic heterocycles. The maximum absolute atomic E-state index is 12.9. The Balaban J connectivity index is 1.45. The lowest BCUT2D eigenvalue weighted by molar-refractivity contribution is -0.145. The first-order chi connectivity index (χ1) is 14.6. The predicted molar refractivity (Wildman–Crippen MR) is 99.5 cm³/mol. The highest BCUT2D eigenvalue weighted by Crippen LogP contribution is 2.32. The van der Waals surface area contributed by atoms with Crippen LogP contribution in [0.2, 0.25) is 0 Å². The molecule has 0 bridgehead atoms. The van der Waals surface area contributed by atoms with Crippen LogP contribution < -0.4 is 0 Å². The maximum atomic E-state index is 12.9. The third kappa shape index (κ3) is 4.84. The zero-order valence-corrected chi connectivity index (χ0v) is 16.0. The van der Waals surface area contributed by atoms with E-state index in [0.29, 0.717) is 48.6 Å². The SMILES string of the molecule is FC(F)(F)c1cccc(-c2ccc(CN3CCc4nc(C(F)(F)F)ncc4C3)cn2)c1. The Morgan fingerprint density at radius 1 is 0.903 bits per heavy atom. The number of hydrogen-bond donors (Lipinski definition) is 0. The van der Waals surface area contributed by atoms with E-state index in [1.165, 1.54) is 12.3 Å². The molecule has 0 spiro atoms. The summed E-state index contributed by atoms with van der Waals surface area (Å²) in [7, 11) is 0. The van der Waals surface area contributed by atoms with E-state index < -0.39 is 23.7 Å². The summed E-state index contributed by atoms with van der Waals surface area (Å²) in [5, 5.41) is 0. The number of halogens is 6. The lowest BCUT2D eigenvalue weighted by atomic mass is 10.1. The van der Waals surface area contributed by atoms with Gasteiger partial charge in [-0.05, 0) is 23.8 Å². The number of aromatic nitrogens is 3. The minimum Gasteiger partial charge on any atom is -0.294 e. The Kier molecular flexibility index (Phi) is 5.42. The number of benzene rings is 1. The summed E-state index contributed by atoms with van der Waals surface area (Å²) in [4.78, 5) is 13.4. The molecule has 4 rings (SSSR count). The van der Waals surface area contributed by atoms with Crippen LogP contribution in [0.1, 0.15) is 28.2 Å². The molecule has 0 unspecified atom stereocenters. The van der Waals surface area contributed by atoms with Crippen molar-refractivity contribution in [1.29, 1.82) is 0 Å². The maximum Gasteiger partial charge on any atom is 0.451 e. The van der Waals surface area contributed by atoms with Gasteiger partial charge < -0.3 is 0 Å². The van der Waals surface area contributed by atoms with E-state index in [-0.39, 0.29) is 0 Å². The van der Waals surface area contributed by atoms with E-state index in [9.17, 15) is 26.3 Å². The number of alkyl halides is 6.